The normalized spacial score (nSPS) is 16.8. The van der Waals surface area contributed by atoms with E-state index in [4.69, 9.17) is 4.74 Å². The first-order valence-electron chi connectivity index (χ1n) is 10.3. The predicted octanol–water partition coefficient (Wildman–Crippen LogP) is 3.42. The van der Waals surface area contributed by atoms with E-state index >= 15 is 0 Å². The van der Waals surface area contributed by atoms with Crippen LogP contribution in [0.15, 0.2) is 48.5 Å². The molecule has 2 aromatic carbocycles. The molecule has 0 aromatic heterocycles. The molecule has 7 heteroatoms. The minimum Gasteiger partial charge on any atom is -0.497 e. The number of hydrogen-bond donors (Lipinski definition) is 1. The van der Waals surface area contributed by atoms with Crippen LogP contribution in [0.5, 0.6) is 5.75 Å². The van der Waals surface area contributed by atoms with Crippen molar-refractivity contribution in [2.75, 3.05) is 20.2 Å². The topological polar surface area (TPSA) is 75.7 Å². The monoisotopic (exact) mass is 430 g/mol. The molecule has 0 spiro atoms. The number of amides is 1. The quantitative estimate of drug-likeness (QED) is 0.730. The molecule has 6 nitrogen and oxygen atoms in total. The SMILES string of the molecule is COc1ccc([C@@H](C)NC(=O)C2CCN(S(=O)(=O)Cc3ccc(C)cc3)CC2)cc1. The number of methoxy groups -OCH3 is 1. The van der Waals surface area contributed by atoms with Crippen molar-refractivity contribution < 1.29 is 17.9 Å². The van der Waals surface area contributed by atoms with Gasteiger partial charge in [-0.15, -0.1) is 0 Å². The number of benzene rings is 2. The third kappa shape index (κ3) is 5.61. The highest BCUT2D eigenvalue weighted by atomic mass is 32.2. The van der Waals surface area contributed by atoms with Crippen LogP contribution >= 0.6 is 0 Å². The zero-order chi connectivity index (χ0) is 21.7. The van der Waals surface area contributed by atoms with E-state index in [1.54, 1.807) is 7.11 Å². The third-order valence-corrected chi connectivity index (χ3v) is 7.51. The van der Waals surface area contributed by atoms with Gasteiger partial charge in [0.1, 0.15) is 5.75 Å². The molecule has 1 amide bonds. The molecule has 1 aliphatic heterocycles. The molecule has 1 atom stereocenters. The van der Waals surface area contributed by atoms with E-state index in [0.29, 0.717) is 25.9 Å². The van der Waals surface area contributed by atoms with Crippen molar-refractivity contribution in [2.24, 2.45) is 5.92 Å². The highest BCUT2D eigenvalue weighted by molar-refractivity contribution is 7.88. The van der Waals surface area contributed by atoms with E-state index in [2.05, 4.69) is 5.32 Å². The van der Waals surface area contributed by atoms with Crippen LogP contribution in [0.3, 0.4) is 0 Å². The van der Waals surface area contributed by atoms with Crippen molar-refractivity contribution in [1.82, 2.24) is 9.62 Å². The zero-order valence-corrected chi connectivity index (χ0v) is 18.6. The van der Waals surface area contributed by atoms with Crippen LogP contribution in [0.25, 0.3) is 0 Å². The Labute approximate surface area is 179 Å². The predicted molar refractivity (Wildman–Crippen MR) is 118 cm³/mol. The van der Waals surface area contributed by atoms with Crippen molar-refractivity contribution in [3.63, 3.8) is 0 Å². The van der Waals surface area contributed by atoms with Gasteiger partial charge in [-0.25, -0.2) is 12.7 Å². The second kappa shape index (κ2) is 9.62. The van der Waals surface area contributed by atoms with Crippen LogP contribution < -0.4 is 10.1 Å². The first-order valence-corrected chi connectivity index (χ1v) is 11.9. The van der Waals surface area contributed by atoms with E-state index < -0.39 is 10.0 Å². The smallest absolute Gasteiger partial charge is 0.223 e. The molecule has 30 heavy (non-hydrogen) atoms. The number of hydrogen-bond acceptors (Lipinski definition) is 4. The first-order chi connectivity index (χ1) is 14.3. The number of ether oxygens (including phenoxy) is 1. The number of nitrogens with one attached hydrogen (secondary N) is 1. The Hall–Kier alpha value is -2.38. The Morgan fingerprint density at radius 2 is 1.70 bits per heavy atom. The molecular formula is C23H30N2O4S. The summed E-state index contributed by atoms with van der Waals surface area (Å²) in [7, 11) is -1.76. The summed E-state index contributed by atoms with van der Waals surface area (Å²) in [6.45, 7) is 4.68. The number of carbonyl (C=O) groups is 1. The Bertz CT molecular complexity index is 948. The van der Waals surface area contributed by atoms with Gasteiger partial charge in [0.05, 0.1) is 18.9 Å². The van der Waals surface area contributed by atoms with Crippen LogP contribution in [0.2, 0.25) is 0 Å². The van der Waals surface area contributed by atoms with Gasteiger partial charge in [-0.3, -0.25) is 4.79 Å². The summed E-state index contributed by atoms with van der Waals surface area (Å²) in [6, 6.07) is 15.0. The van der Waals surface area contributed by atoms with Crippen molar-refractivity contribution in [1.29, 1.82) is 0 Å². The Balaban J connectivity index is 1.52. The summed E-state index contributed by atoms with van der Waals surface area (Å²) in [5.74, 6) is 0.584. The average molecular weight is 431 g/mol. The lowest BCUT2D eigenvalue weighted by molar-refractivity contribution is -0.126. The second-order valence-corrected chi connectivity index (χ2v) is 9.89. The van der Waals surface area contributed by atoms with E-state index in [1.165, 1.54) is 4.31 Å². The fraction of sp³-hybridized carbons (Fsp3) is 0.435. The largest absolute Gasteiger partial charge is 0.497 e. The van der Waals surface area contributed by atoms with E-state index in [1.807, 2.05) is 62.4 Å². The Morgan fingerprint density at radius 3 is 2.27 bits per heavy atom. The summed E-state index contributed by atoms with van der Waals surface area (Å²) in [5.41, 5.74) is 2.89. The summed E-state index contributed by atoms with van der Waals surface area (Å²) in [4.78, 5) is 12.7. The molecule has 3 rings (SSSR count). The van der Waals surface area contributed by atoms with Gasteiger partial charge in [0.15, 0.2) is 0 Å². The minimum atomic E-state index is -3.38. The molecule has 1 N–H and O–H groups in total. The summed E-state index contributed by atoms with van der Waals surface area (Å²) in [6.07, 6.45) is 1.07. The minimum absolute atomic E-state index is 0.00134. The highest BCUT2D eigenvalue weighted by Gasteiger charge is 2.31. The molecule has 2 aromatic rings. The molecular weight excluding hydrogens is 400 g/mol. The Morgan fingerprint density at radius 1 is 1.10 bits per heavy atom. The van der Waals surface area contributed by atoms with Crippen LogP contribution in [0, 0.1) is 12.8 Å². The fourth-order valence-corrected chi connectivity index (χ4v) is 5.25. The lowest BCUT2D eigenvalue weighted by Crippen LogP contribution is -2.43. The van der Waals surface area contributed by atoms with Gasteiger partial charge in [0.2, 0.25) is 15.9 Å². The maximum atomic E-state index is 12.7. The number of sulfonamides is 1. The average Bonchev–Trinajstić information content (AvgIpc) is 2.75. The number of piperidine rings is 1. The summed E-state index contributed by atoms with van der Waals surface area (Å²) < 4.78 is 32.2. The van der Waals surface area contributed by atoms with Crippen LogP contribution in [-0.2, 0) is 20.6 Å². The number of carbonyl (C=O) groups excluding carboxylic acids is 1. The highest BCUT2D eigenvalue weighted by Crippen LogP contribution is 2.24. The first kappa shape index (κ1) is 22.3. The van der Waals surface area contributed by atoms with E-state index in [0.717, 1.165) is 22.4 Å². The number of rotatable bonds is 7. The van der Waals surface area contributed by atoms with Gasteiger partial charge in [-0.2, -0.15) is 0 Å². The van der Waals surface area contributed by atoms with Crippen LogP contribution in [0.1, 0.15) is 42.5 Å². The molecule has 1 saturated heterocycles. The third-order valence-electron chi connectivity index (χ3n) is 5.66. The molecule has 1 fully saturated rings. The van der Waals surface area contributed by atoms with Gasteiger partial charge < -0.3 is 10.1 Å². The van der Waals surface area contributed by atoms with Crippen molar-refractivity contribution >= 4 is 15.9 Å². The van der Waals surface area contributed by atoms with Crippen LogP contribution in [0.4, 0.5) is 0 Å². The lowest BCUT2D eigenvalue weighted by Gasteiger charge is -2.31. The van der Waals surface area contributed by atoms with Crippen LogP contribution in [-0.4, -0.2) is 38.8 Å². The molecule has 0 bridgehead atoms. The molecule has 0 saturated carbocycles. The molecule has 1 aliphatic rings. The second-order valence-electron chi connectivity index (χ2n) is 7.92. The number of nitrogens with zero attached hydrogens (tertiary/aromatic N) is 1. The van der Waals surface area contributed by atoms with Crippen molar-refractivity contribution in [3.8, 4) is 5.75 Å². The van der Waals surface area contributed by atoms with Gasteiger partial charge in [-0.1, -0.05) is 42.0 Å². The van der Waals surface area contributed by atoms with Gasteiger partial charge in [0.25, 0.3) is 0 Å². The van der Waals surface area contributed by atoms with Crippen molar-refractivity contribution in [3.05, 3.63) is 65.2 Å². The zero-order valence-electron chi connectivity index (χ0n) is 17.8. The lowest BCUT2D eigenvalue weighted by atomic mass is 9.96. The molecule has 162 valence electrons. The fourth-order valence-electron chi connectivity index (χ4n) is 3.69. The molecule has 0 unspecified atom stereocenters. The van der Waals surface area contributed by atoms with Crippen molar-refractivity contribution in [2.45, 2.75) is 38.5 Å². The van der Waals surface area contributed by atoms with E-state index in [-0.39, 0.29) is 23.6 Å². The summed E-state index contributed by atoms with van der Waals surface area (Å²) >= 11 is 0. The maximum absolute atomic E-state index is 12.7. The summed E-state index contributed by atoms with van der Waals surface area (Å²) in [5, 5.41) is 3.05. The van der Waals surface area contributed by atoms with Gasteiger partial charge in [0, 0.05) is 19.0 Å². The standard InChI is InChI=1S/C23H30N2O4S/c1-17-4-6-19(7-5-17)16-30(27,28)25-14-12-21(13-15-25)23(26)24-18(2)20-8-10-22(29-3)11-9-20/h4-11,18,21H,12-16H2,1-3H3,(H,24,26)/t18-/m1/s1. The molecule has 1 heterocycles. The number of aryl methyl sites for hydroxylation is 1. The van der Waals surface area contributed by atoms with Gasteiger partial charge in [-0.05, 0) is 49.9 Å². The van der Waals surface area contributed by atoms with Gasteiger partial charge >= 0.3 is 0 Å². The molecule has 0 aliphatic carbocycles. The Kier molecular flexibility index (Phi) is 7.15. The maximum Gasteiger partial charge on any atom is 0.223 e. The van der Waals surface area contributed by atoms with E-state index in [9.17, 15) is 13.2 Å². The molecule has 0 radical (unpaired) electrons.